The zero-order valence-corrected chi connectivity index (χ0v) is 9.79. The van der Waals surface area contributed by atoms with Gasteiger partial charge in [-0.05, 0) is 25.0 Å². The van der Waals surface area contributed by atoms with Gasteiger partial charge in [-0.3, -0.25) is 0 Å². The van der Waals surface area contributed by atoms with Crippen molar-refractivity contribution in [1.82, 2.24) is 0 Å². The lowest BCUT2D eigenvalue weighted by atomic mass is 10.0. The highest BCUT2D eigenvalue weighted by Gasteiger charge is 2.16. The van der Waals surface area contributed by atoms with Crippen molar-refractivity contribution in [3.8, 4) is 0 Å². The van der Waals surface area contributed by atoms with Gasteiger partial charge < -0.3 is 10.6 Å². The molecule has 0 aromatic heterocycles. The van der Waals surface area contributed by atoms with Gasteiger partial charge in [0.25, 0.3) is 0 Å². The van der Waals surface area contributed by atoms with E-state index < -0.39 is 0 Å². The van der Waals surface area contributed by atoms with Crippen LogP contribution in [0.25, 0.3) is 0 Å². The number of rotatable bonds is 3. The molecule has 0 amide bonds. The SMILES string of the molecule is CC(C)C(C)N(C)c1cccc(F)c1N. The third kappa shape index (κ3) is 2.41. The van der Waals surface area contributed by atoms with Gasteiger partial charge in [0.05, 0.1) is 11.4 Å². The minimum atomic E-state index is -0.352. The molecule has 0 saturated heterocycles. The Balaban J connectivity index is 3.01. The van der Waals surface area contributed by atoms with Crippen LogP contribution in [-0.4, -0.2) is 13.1 Å². The van der Waals surface area contributed by atoms with E-state index in [0.29, 0.717) is 12.0 Å². The summed E-state index contributed by atoms with van der Waals surface area (Å²) in [5, 5.41) is 0. The van der Waals surface area contributed by atoms with Crippen LogP contribution in [0.15, 0.2) is 18.2 Å². The Bertz CT molecular complexity index is 336. The lowest BCUT2D eigenvalue weighted by Gasteiger charge is -2.30. The summed E-state index contributed by atoms with van der Waals surface area (Å²) in [6.45, 7) is 6.38. The predicted octanol–water partition coefficient (Wildman–Crippen LogP) is 2.89. The number of nitrogens with zero attached hydrogens (tertiary/aromatic N) is 1. The van der Waals surface area contributed by atoms with E-state index in [2.05, 4.69) is 20.8 Å². The molecule has 0 bridgehead atoms. The average Bonchev–Trinajstić information content (AvgIpc) is 2.20. The molecule has 0 heterocycles. The van der Waals surface area contributed by atoms with Crippen LogP contribution >= 0.6 is 0 Å². The smallest absolute Gasteiger partial charge is 0.148 e. The Morgan fingerprint density at radius 3 is 2.40 bits per heavy atom. The monoisotopic (exact) mass is 210 g/mol. The fraction of sp³-hybridized carbons (Fsp3) is 0.500. The third-order valence-electron chi connectivity index (χ3n) is 2.99. The summed E-state index contributed by atoms with van der Waals surface area (Å²) in [5.74, 6) is 0.146. The second-order valence-electron chi connectivity index (χ2n) is 4.27. The molecule has 0 spiro atoms. The molecular formula is C12H19FN2. The second-order valence-corrected chi connectivity index (χ2v) is 4.27. The highest BCUT2D eigenvalue weighted by atomic mass is 19.1. The Hall–Kier alpha value is -1.25. The van der Waals surface area contributed by atoms with Crippen molar-refractivity contribution >= 4 is 11.4 Å². The van der Waals surface area contributed by atoms with Gasteiger partial charge in [0.1, 0.15) is 5.82 Å². The van der Waals surface area contributed by atoms with Gasteiger partial charge in [0.2, 0.25) is 0 Å². The minimum Gasteiger partial charge on any atom is -0.395 e. The molecule has 0 radical (unpaired) electrons. The molecule has 0 aliphatic rings. The molecule has 2 nitrogen and oxygen atoms in total. The molecule has 0 aliphatic carbocycles. The van der Waals surface area contributed by atoms with Gasteiger partial charge in [-0.1, -0.05) is 19.9 Å². The first-order chi connectivity index (χ1) is 6.95. The molecule has 15 heavy (non-hydrogen) atoms. The topological polar surface area (TPSA) is 29.3 Å². The van der Waals surface area contributed by atoms with Crippen LogP contribution in [0.4, 0.5) is 15.8 Å². The van der Waals surface area contributed by atoms with E-state index in [-0.39, 0.29) is 11.5 Å². The Labute approximate surface area is 90.9 Å². The first-order valence-corrected chi connectivity index (χ1v) is 5.22. The summed E-state index contributed by atoms with van der Waals surface area (Å²) < 4.78 is 13.3. The van der Waals surface area contributed by atoms with E-state index in [1.807, 2.05) is 18.0 Å². The van der Waals surface area contributed by atoms with E-state index in [0.717, 1.165) is 5.69 Å². The second kappa shape index (κ2) is 4.51. The van der Waals surface area contributed by atoms with Crippen LogP contribution in [-0.2, 0) is 0 Å². The van der Waals surface area contributed by atoms with Crippen LogP contribution in [0.1, 0.15) is 20.8 Å². The van der Waals surface area contributed by atoms with Gasteiger partial charge in [0.15, 0.2) is 0 Å². The van der Waals surface area contributed by atoms with Crippen LogP contribution in [0.3, 0.4) is 0 Å². The standard InChI is InChI=1S/C12H19FN2/c1-8(2)9(3)15(4)11-7-5-6-10(13)12(11)14/h5-9H,14H2,1-4H3. The van der Waals surface area contributed by atoms with Crippen molar-refractivity contribution in [2.24, 2.45) is 5.92 Å². The highest BCUT2D eigenvalue weighted by Crippen LogP contribution is 2.27. The van der Waals surface area contributed by atoms with Crippen LogP contribution < -0.4 is 10.6 Å². The van der Waals surface area contributed by atoms with Crippen molar-refractivity contribution in [2.45, 2.75) is 26.8 Å². The average molecular weight is 210 g/mol. The van der Waals surface area contributed by atoms with E-state index in [1.54, 1.807) is 6.07 Å². The summed E-state index contributed by atoms with van der Waals surface area (Å²) in [6, 6.07) is 5.24. The quantitative estimate of drug-likeness (QED) is 0.777. The molecule has 1 unspecified atom stereocenters. The zero-order valence-electron chi connectivity index (χ0n) is 9.79. The molecule has 1 rings (SSSR count). The van der Waals surface area contributed by atoms with E-state index in [9.17, 15) is 4.39 Å². The maximum absolute atomic E-state index is 13.3. The van der Waals surface area contributed by atoms with Crippen molar-refractivity contribution in [3.05, 3.63) is 24.0 Å². The minimum absolute atomic E-state index is 0.229. The van der Waals surface area contributed by atoms with Crippen molar-refractivity contribution < 1.29 is 4.39 Å². The first kappa shape index (κ1) is 11.8. The number of anilines is 2. The molecule has 1 aromatic carbocycles. The molecule has 84 valence electrons. The van der Waals surface area contributed by atoms with E-state index in [4.69, 9.17) is 5.73 Å². The molecule has 0 fully saturated rings. The van der Waals surface area contributed by atoms with E-state index in [1.165, 1.54) is 6.07 Å². The lowest BCUT2D eigenvalue weighted by Crippen LogP contribution is -2.33. The van der Waals surface area contributed by atoms with Crippen molar-refractivity contribution in [2.75, 3.05) is 17.7 Å². The normalized spacial score (nSPS) is 12.9. The molecule has 1 aromatic rings. The summed E-state index contributed by atoms with van der Waals surface area (Å²) >= 11 is 0. The summed E-state index contributed by atoms with van der Waals surface area (Å²) in [5.41, 5.74) is 6.69. The predicted molar refractivity (Wildman–Crippen MR) is 63.5 cm³/mol. The van der Waals surface area contributed by atoms with Gasteiger partial charge in [-0.2, -0.15) is 0 Å². The van der Waals surface area contributed by atoms with Gasteiger partial charge in [-0.25, -0.2) is 4.39 Å². The summed E-state index contributed by atoms with van der Waals surface area (Å²) in [7, 11) is 1.94. The molecular weight excluding hydrogens is 191 g/mol. The zero-order chi connectivity index (χ0) is 11.6. The number of nitrogen functional groups attached to an aromatic ring is 1. The summed E-state index contributed by atoms with van der Waals surface area (Å²) in [6.07, 6.45) is 0. The van der Waals surface area contributed by atoms with Crippen LogP contribution in [0.2, 0.25) is 0 Å². The Kier molecular flexibility index (Phi) is 3.56. The first-order valence-electron chi connectivity index (χ1n) is 5.22. The number of benzene rings is 1. The molecule has 2 N–H and O–H groups in total. The maximum Gasteiger partial charge on any atom is 0.148 e. The molecule has 3 heteroatoms. The van der Waals surface area contributed by atoms with Crippen molar-refractivity contribution in [3.63, 3.8) is 0 Å². The molecule has 0 aliphatic heterocycles. The highest BCUT2D eigenvalue weighted by molar-refractivity contribution is 5.68. The third-order valence-corrected chi connectivity index (χ3v) is 2.99. The van der Waals surface area contributed by atoms with Crippen LogP contribution in [0, 0.1) is 11.7 Å². The van der Waals surface area contributed by atoms with E-state index >= 15 is 0 Å². The van der Waals surface area contributed by atoms with Gasteiger partial charge in [-0.15, -0.1) is 0 Å². The van der Waals surface area contributed by atoms with Gasteiger partial charge >= 0.3 is 0 Å². The van der Waals surface area contributed by atoms with Gasteiger partial charge in [0, 0.05) is 13.1 Å². The fourth-order valence-corrected chi connectivity index (χ4v) is 1.50. The number of hydrogen-bond acceptors (Lipinski definition) is 2. The number of nitrogens with two attached hydrogens (primary N) is 1. The Morgan fingerprint density at radius 2 is 1.87 bits per heavy atom. The fourth-order valence-electron chi connectivity index (χ4n) is 1.50. The number of para-hydroxylation sites is 1. The van der Waals surface area contributed by atoms with Crippen molar-refractivity contribution in [1.29, 1.82) is 0 Å². The Morgan fingerprint density at radius 1 is 1.27 bits per heavy atom. The summed E-state index contributed by atoms with van der Waals surface area (Å²) in [4.78, 5) is 2.02. The number of hydrogen-bond donors (Lipinski definition) is 1. The largest absolute Gasteiger partial charge is 0.395 e. The maximum atomic E-state index is 13.3. The van der Waals surface area contributed by atoms with Crippen LogP contribution in [0.5, 0.6) is 0 Å². The lowest BCUT2D eigenvalue weighted by molar-refractivity contribution is 0.505. The molecule has 1 atom stereocenters. The number of halogens is 1. The molecule has 0 saturated carbocycles.